The van der Waals surface area contributed by atoms with E-state index in [1.54, 1.807) is 0 Å². The number of fused-ring (bicyclic) bond motifs is 3. The summed E-state index contributed by atoms with van der Waals surface area (Å²) in [4.78, 5) is 11.3. The molecule has 1 aliphatic heterocycles. The van der Waals surface area contributed by atoms with Crippen LogP contribution in [0.5, 0.6) is 11.5 Å². The summed E-state index contributed by atoms with van der Waals surface area (Å²) >= 11 is 0. The van der Waals surface area contributed by atoms with E-state index in [-0.39, 0.29) is 23.8 Å². The summed E-state index contributed by atoms with van der Waals surface area (Å²) < 4.78 is 35.7. The Bertz CT molecular complexity index is 1450. The Kier molecular flexibility index (Phi) is 9.33. The highest BCUT2D eigenvalue weighted by molar-refractivity contribution is 7.91. The van der Waals surface area contributed by atoms with Crippen LogP contribution in [-0.2, 0) is 34.1 Å². The van der Waals surface area contributed by atoms with Gasteiger partial charge in [-0.2, -0.15) is 0 Å². The van der Waals surface area contributed by atoms with E-state index >= 15 is 0 Å². The van der Waals surface area contributed by atoms with E-state index in [0.29, 0.717) is 32.0 Å². The van der Waals surface area contributed by atoms with E-state index in [1.807, 2.05) is 30.3 Å². The Labute approximate surface area is 243 Å². The second-order valence-electron chi connectivity index (χ2n) is 11.5. The van der Waals surface area contributed by atoms with Crippen LogP contribution in [0.2, 0.25) is 0 Å². The van der Waals surface area contributed by atoms with Gasteiger partial charge in [0, 0.05) is 0 Å². The van der Waals surface area contributed by atoms with Crippen LogP contribution in [0.4, 0.5) is 0 Å². The SMILES string of the molecule is CCCC(CC(=O)O)c1ccc(OCc2ccc3c(c2)-c2ccc(OCC4CCS(=O)(=O)CC4)cc2CCC3)cc1. The van der Waals surface area contributed by atoms with Crippen LogP contribution in [0, 0.1) is 5.92 Å². The molecule has 2 aliphatic rings. The molecule has 1 unspecified atom stereocenters. The molecule has 0 bridgehead atoms. The van der Waals surface area contributed by atoms with Gasteiger partial charge in [0.15, 0.2) is 0 Å². The van der Waals surface area contributed by atoms with E-state index < -0.39 is 15.8 Å². The minimum Gasteiger partial charge on any atom is -0.493 e. The predicted octanol–water partition coefficient (Wildman–Crippen LogP) is 6.98. The number of carboxylic acids is 1. The first-order chi connectivity index (χ1) is 19.8. The van der Waals surface area contributed by atoms with Gasteiger partial charge in [0.25, 0.3) is 0 Å². The topological polar surface area (TPSA) is 89.9 Å². The molecule has 41 heavy (non-hydrogen) atoms. The van der Waals surface area contributed by atoms with Crippen molar-refractivity contribution in [2.45, 2.75) is 70.8 Å². The third-order valence-corrected chi connectivity index (χ3v) is 10.1. The van der Waals surface area contributed by atoms with Crippen molar-refractivity contribution in [3.63, 3.8) is 0 Å². The summed E-state index contributed by atoms with van der Waals surface area (Å²) in [5.74, 6) is 1.71. The molecule has 1 atom stereocenters. The van der Waals surface area contributed by atoms with Gasteiger partial charge in [-0.3, -0.25) is 4.79 Å². The molecule has 1 saturated heterocycles. The molecule has 3 aromatic carbocycles. The van der Waals surface area contributed by atoms with Gasteiger partial charge in [-0.1, -0.05) is 43.7 Å². The van der Waals surface area contributed by atoms with Gasteiger partial charge in [-0.15, -0.1) is 0 Å². The van der Waals surface area contributed by atoms with Crippen LogP contribution in [0.1, 0.15) is 73.6 Å². The second kappa shape index (κ2) is 13.1. The van der Waals surface area contributed by atoms with Crippen molar-refractivity contribution < 1.29 is 27.8 Å². The second-order valence-corrected chi connectivity index (χ2v) is 13.8. The van der Waals surface area contributed by atoms with Crippen molar-refractivity contribution in [3.05, 3.63) is 82.9 Å². The van der Waals surface area contributed by atoms with E-state index in [4.69, 9.17) is 9.47 Å². The average molecular weight is 577 g/mol. The van der Waals surface area contributed by atoms with E-state index in [2.05, 4.69) is 37.3 Å². The third kappa shape index (κ3) is 7.70. The first-order valence-electron chi connectivity index (χ1n) is 14.8. The summed E-state index contributed by atoms with van der Waals surface area (Å²) in [5.41, 5.74) is 7.24. The Morgan fingerprint density at radius 1 is 0.902 bits per heavy atom. The van der Waals surface area contributed by atoms with Crippen LogP contribution in [0.15, 0.2) is 60.7 Å². The maximum atomic E-state index is 11.7. The molecule has 1 aliphatic carbocycles. The van der Waals surface area contributed by atoms with Crippen LogP contribution in [-0.4, -0.2) is 37.6 Å². The number of benzene rings is 3. The lowest BCUT2D eigenvalue weighted by molar-refractivity contribution is -0.137. The van der Waals surface area contributed by atoms with Gasteiger partial charge in [0.05, 0.1) is 24.5 Å². The molecule has 0 amide bonds. The quantitative estimate of drug-likeness (QED) is 0.265. The molecule has 0 saturated carbocycles. The molecular weight excluding hydrogens is 536 g/mol. The van der Waals surface area contributed by atoms with E-state index in [9.17, 15) is 18.3 Å². The molecule has 6 nitrogen and oxygen atoms in total. The highest BCUT2D eigenvalue weighted by Crippen LogP contribution is 2.36. The zero-order valence-corrected chi connectivity index (χ0v) is 24.6. The lowest BCUT2D eigenvalue weighted by Crippen LogP contribution is -2.26. The number of hydrogen-bond acceptors (Lipinski definition) is 5. The molecule has 0 spiro atoms. The maximum Gasteiger partial charge on any atom is 0.303 e. The van der Waals surface area contributed by atoms with Crippen molar-refractivity contribution in [3.8, 4) is 22.6 Å². The third-order valence-electron chi connectivity index (χ3n) is 8.41. The number of carbonyl (C=O) groups is 1. The Balaban J connectivity index is 1.24. The molecule has 0 aromatic heterocycles. The highest BCUT2D eigenvalue weighted by atomic mass is 32.2. The molecule has 0 radical (unpaired) electrons. The fraction of sp³-hybridized carbons (Fsp3) is 0.441. The minimum atomic E-state index is -2.86. The van der Waals surface area contributed by atoms with Crippen molar-refractivity contribution in [1.29, 1.82) is 0 Å². The monoisotopic (exact) mass is 576 g/mol. The minimum absolute atomic E-state index is 0.0215. The Morgan fingerprint density at radius 3 is 2.37 bits per heavy atom. The molecule has 5 rings (SSSR count). The summed E-state index contributed by atoms with van der Waals surface area (Å²) in [7, 11) is -2.86. The van der Waals surface area contributed by atoms with Crippen LogP contribution < -0.4 is 9.47 Å². The van der Waals surface area contributed by atoms with E-state index in [1.165, 1.54) is 22.3 Å². The number of rotatable bonds is 11. The smallest absolute Gasteiger partial charge is 0.303 e. The summed E-state index contributed by atoms with van der Waals surface area (Å²) in [5, 5.41) is 9.25. The molecule has 1 N–H and O–H groups in total. The van der Waals surface area contributed by atoms with Crippen LogP contribution in [0.3, 0.4) is 0 Å². The first-order valence-corrected chi connectivity index (χ1v) is 16.6. The van der Waals surface area contributed by atoms with Crippen LogP contribution >= 0.6 is 0 Å². The van der Waals surface area contributed by atoms with Gasteiger partial charge in [-0.05, 0) is 114 Å². The number of hydrogen-bond donors (Lipinski definition) is 1. The number of aliphatic carboxylic acids is 1. The highest BCUT2D eigenvalue weighted by Gasteiger charge is 2.24. The zero-order valence-electron chi connectivity index (χ0n) is 23.8. The molecule has 3 aromatic rings. The lowest BCUT2D eigenvalue weighted by Gasteiger charge is -2.22. The fourth-order valence-corrected chi connectivity index (χ4v) is 7.64. The summed E-state index contributed by atoms with van der Waals surface area (Å²) in [6.45, 7) is 3.09. The summed E-state index contributed by atoms with van der Waals surface area (Å²) in [6, 6.07) is 20.8. The molecule has 218 valence electrons. The van der Waals surface area contributed by atoms with Gasteiger partial charge >= 0.3 is 5.97 Å². The summed E-state index contributed by atoms with van der Waals surface area (Å²) in [6.07, 6.45) is 6.39. The Hall–Kier alpha value is -3.32. The zero-order chi connectivity index (χ0) is 28.8. The van der Waals surface area contributed by atoms with Gasteiger partial charge in [-0.25, -0.2) is 8.42 Å². The Morgan fingerprint density at radius 2 is 1.63 bits per heavy atom. The standard InChI is InChI=1S/C34H40O6S/c1-2-4-28(21-34(35)36)26-9-11-30(12-10-26)39-23-25-7-8-27-5-3-6-29-20-31(13-14-32(29)33(27)19-25)40-22-24-15-17-41(37,38)18-16-24/h7-14,19-20,24,28H,2-6,15-18,21-23H2,1H3,(H,35,36). The van der Waals surface area contributed by atoms with Gasteiger partial charge < -0.3 is 14.6 Å². The number of ether oxygens (including phenoxy) is 2. The fourth-order valence-electron chi connectivity index (χ4n) is 6.05. The van der Waals surface area contributed by atoms with Crippen molar-refractivity contribution in [2.75, 3.05) is 18.1 Å². The molecule has 7 heteroatoms. The van der Waals surface area contributed by atoms with E-state index in [0.717, 1.165) is 54.7 Å². The van der Waals surface area contributed by atoms with Crippen molar-refractivity contribution >= 4 is 15.8 Å². The van der Waals surface area contributed by atoms with Crippen LogP contribution in [0.25, 0.3) is 11.1 Å². The maximum absolute atomic E-state index is 11.7. The van der Waals surface area contributed by atoms with Crippen molar-refractivity contribution in [2.24, 2.45) is 5.92 Å². The van der Waals surface area contributed by atoms with Crippen molar-refractivity contribution in [1.82, 2.24) is 0 Å². The largest absolute Gasteiger partial charge is 0.493 e. The predicted molar refractivity (Wildman–Crippen MR) is 161 cm³/mol. The average Bonchev–Trinajstić information content (AvgIpc) is 3.14. The number of sulfone groups is 1. The van der Waals surface area contributed by atoms with Gasteiger partial charge in [0.2, 0.25) is 0 Å². The molecule has 1 heterocycles. The van der Waals surface area contributed by atoms with Gasteiger partial charge in [0.1, 0.15) is 27.9 Å². The normalized spacial score (nSPS) is 17.1. The first kappa shape index (κ1) is 29.2. The lowest BCUT2D eigenvalue weighted by atomic mass is 9.91. The number of aryl methyl sites for hydroxylation is 2. The molecule has 1 fully saturated rings. The molecular formula is C34H40O6S. The number of carboxylic acid groups (broad SMARTS) is 1.